The quantitative estimate of drug-likeness (QED) is 0.279. The molecule has 0 radical (unpaired) electrons. The van der Waals surface area contributed by atoms with Gasteiger partial charge in [0.15, 0.2) is 17.5 Å². The molecule has 0 saturated heterocycles. The van der Waals surface area contributed by atoms with Crippen LogP contribution in [0.5, 0.6) is 11.5 Å². The number of nitrogens with zero attached hydrogens (tertiary/aromatic N) is 2. The Morgan fingerprint density at radius 2 is 1.67 bits per heavy atom. The summed E-state index contributed by atoms with van der Waals surface area (Å²) in [6.07, 6.45) is 0. The van der Waals surface area contributed by atoms with E-state index in [2.05, 4.69) is 20.5 Å². The predicted molar refractivity (Wildman–Crippen MR) is 131 cm³/mol. The molecule has 166 valence electrons. The molecule has 2 aromatic carbocycles. The first-order chi connectivity index (χ1) is 14.0. The minimum Gasteiger partial charge on any atom is -0.493 e. The molecule has 0 spiro atoms. The lowest BCUT2D eigenvalue weighted by atomic mass is 10.2. The lowest BCUT2D eigenvalue weighted by Crippen LogP contribution is -2.40. The van der Waals surface area contributed by atoms with Crippen molar-refractivity contribution in [3.63, 3.8) is 0 Å². The number of aliphatic imine (C=N–C) groups is 1. The van der Waals surface area contributed by atoms with Crippen molar-refractivity contribution < 1.29 is 13.9 Å². The van der Waals surface area contributed by atoms with Crippen LogP contribution in [-0.2, 0) is 13.1 Å². The van der Waals surface area contributed by atoms with Crippen molar-refractivity contribution in [2.24, 2.45) is 4.99 Å². The number of halogens is 2. The monoisotopic (exact) mass is 530 g/mol. The summed E-state index contributed by atoms with van der Waals surface area (Å²) in [5.74, 6) is 1.95. The Bertz CT molecular complexity index is 787. The van der Waals surface area contributed by atoms with Crippen molar-refractivity contribution in [3.05, 3.63) is 59.4 Å². The number of benzene rings is 2. The standard InChI is InChI=1S/C22H31FN4O2.HI/c1-5-24-22(26-15-18-8-11-20(28-3)21(14-18)29-4)25-12-13-27(2)16-17-6-9-19(23)10-7-17;/h6-11,14H,5,12-13,15-16H2,1-4H3,(H2,24,25,26);1H. The highest BCUT2D eigenvalue weighted by Gasteiger charge is 2.05. The van der Waals surface area contributed by atoms with Crippen molar-refractivity contribution in [1.29, 1.82) is 0 Å². The summed E-state index contributed by atoms with van der Waals surface area (Å²) in [4.78, 5) is 6.82. The minimum atomic E-state index is -0.209. The molecule has 0 aromatic heterocycles. The number of hydrogen-bond acceptors (Lipinski definition) is 4. The molecule has 0 aliphatic heterocycles. The number of rotatable bonds is 10. The first-order valence-corrected chi connectivity index (χ1v) is 9.71. The van der Waals surface area contributed by atoms with Crippen LogP contribution >= 0.6 is 24.0 Å². The summed E-state index contributed by atoms with van der Waals surface area (Å²) in [6.45, 7) is 5.69. The Morgan fingerprint density at radius 1 is 1.00 bits per heavy atom. The van der Waals surface area contributed by atoms with Gasteiger partial charge in [0, 0.05) is 26.2 Å². The van der Waals surface area contributed by atoms with Crippen molar-refractivity contribution >= 4 is 29.9 Å². The number of nitrogens with one attached hydrogen (secondary N) is 2. The first-order valence-electron chi connectivity index (χ1n) is 9.71. The van der Waals surface area contributed by atoms with Crippen LogP contribution in [0.15, 0.2) is 47.5 Å². The first kappa shape index (κ1) is 26.0. The normalized spacial score (nSPS) is 11.1. The lowest BCUT2D eigenvalue weighted by molar-refractivity contribution is 0.331. The van der Waals surface area contributed by atoms with Gasteiger partial charge < -0.3 is 25.0 Å². The SMILES string of the molecule is CCNC(=NCc1ccc(OC)c(OC)c1)NCCN(C)Cc1ccc(F)cc1.I. The molecule has 2 rings (SSSR count). The van der Waals surface area contributed by atoms with Gasteiger partial charge in [0.2, 0.25) is 0 Å². The second-order valence-electron chi connectivity index (χ2n) is 6.68. The molecule has 0 fully saturated rings. The smallest absolute Gasteiger partial charge is 0.191 e. The highest BCUT2D eigenvalue weighted by atomic mass is 127. The van der Waals surface area contributed by atoms with Gasteiger partial charge in [0.05, 0.1) is 20.8 Å². The van der Waals surface area contributed by atoms with Gasteiger partial charge in [-0.2, -0.15) is 0 Å². The van der Waals surface area contributed by atoms with Crippen LogP contribution in [-0.4, -0.2) is 51.8 Å². The van der Waals surface area contributed by atoms with E-state index in [-0.39, 0.29) is 29.8 Å². The molecule has 0 heterocycles. The molecule has 2 N–H and O–H groups in total. The molecule has 0 bridgehead atoms. The highest BCUT2D eigenvalue weighted by molar-refractivity contribution is 14.0. The molecule has 0 unspecified atom stereocenters. The van der Waals surface area contributed by atoms with E-state index in [0.717, 1.165) is 43.3 Å². The summed E-state index contributed by atoms with van der Waals surface area (Å²) in [7, 11) is 5.29. The zero-order chi connectivity index (χ0) is 21.1. The number of likely N-dealkylation sites (N-methyl/N-ethyl adjacent to an activating group) is 1. The van der Waals surface area contributed by atoms with E-state index >= 15 is 0 Å². The topological polar surface area (TPSA) is 58.1 Å². The Kier molecular flexibility index (Phi) is 12.1. The molecular weight excluding hydrogens is 498 g/mol. The van der Waals surface area contributed by atoms with Crippen LogP contribution in [0.25, 0.3) is 0 Å². The van der Waals surface area contributed by atoms with Crippen LogP contribution in [0.4, 0.5) is 4.39 Å². The van der Waals surface area contributed by atoms with Crippen molar-refractivity contribution in [3.8, 4) is 11.5 Å². The fourth-order valence-electron chi connectivity index (χ4n) is 2.84. The molecule has 0 aliphatic rings. The Balaban J connectivity index is 0.00000450. The maximum Gasteiger partial charge on any atom is 0.191 e. The zero-order valence-electron chi connectivity index (χ0n) is 18.1. The van der Waals surface area contributed by atoms with Crippen molar-refractivity contribution in [1.82, 2.24) is 15.5 Å². The summed E-state index contributed by atoms with van der Waals surface area (Å²) in [6, 6.07) is 12.4. The molecule has 8 heteroatoms. The van der Waals surface area contributed by atoms with Crippen molar-refractivity contribution in [2.75, 3.05) is 40.9 Å². The Labute approximate surface area is 195 Å². The van der Waals surface area contributed by atoms with Gasteiger partial charge in [-0.05, 0) is 49.4 Å². The predicted octanol–water partition coefficient (Wildman–Crippen LogP) is 3.65. The summed E-state index contributed by atoms with van der Waals surface area (Å²) in [5.41, 5.74) is 2.12. The van der Waals surface area contributed by atoms with Crippen molar-refractivity contribution in [2.45, 2.75) is 20.0 Å². The average molecular weight is 530 g/mol. The summed E-state index contributed by atoms with van der Waals surface area (Å²) in [5, 5.41) is 6.61. The molecule has 0 atom stereocenters. The van der Waals surface area contributed by atoms with Gasteiger partial charge in [-0.25, -0.2) is 9.38 Å². The molecule has 6 nitrogen and oxygen atoms in total. The van der Waals surface area contributed by atoms with Crippen LogP contribution in [0.2, 0.25) is 0 Å². The fourth-order valence-corrected chi connectivity index (χ4v) is 2.84. The van der Waals surface area contributed by atoms with Gasteiger partial charge >= 0.3 is 0 Å². The van der Waals surface area contributed by atoms with Crippen LogP contribution in [0.1, 0.15) is 18.1 Å². The van der Waals surface area contributed by atoms with E-state index in [9.17, 15) is 4.39 Å². The molecule has 30 heavy (non-hydrogen) atoms. The maximum atomic E-state index is 13.0. The average Bonchev–Trinajstić information content (AvgIpc) is 2.73. The molecule has 2 aromatic rings. The van der Waals surface area contributed by atoms with Crippen LogP contribution < -0.4 is 20.1 Å². The molecule has 0 aliphatic carbocycles. The Hall–Kier alpha value is -2.07. The molecule has 0 amide bonds. The Morgan fingerprint density at radius 3 is 2.30 bits per heavy atom. The van der Waals surface area contributed by atoms with E-state index < -0.39 is 0 Å². The van der Waals surface area contributed by atoms with Crippen LogP contribution in [0.3, 0.4) is 0 Å². The second-order valence-corrected chi connectivity index (χ2v) is 6.68. The van der Waals surface area contributed by atoms with E-state index in [1.54, 1.807) is 14.2 Å². The van der Waals surface area contributed by atoms with Gasteiger partial charge in [0.1, 0.15) is 5.82 Å². The van der Waals surface area contributed by atoms with Gasteiger partial charge in [-0.15, -0.1) is 24.0 Å². The van der Waals surface area contributed by atoms with E-state index in [0.29, 0.717) is 18.0 Å². The summed E-state index contributed by atoms with van der Waals surface area (Å²) < 4.78 is 23.6. The minimum absolute atomic E-state index is 0. The number of hydrogen-bond donors (Lipinski definition) is 2. The van der Waals surface area contributed by atoms with E-state index in [1.807, 2.05) is 44.3 Å². The molecule has 0 saturated carbocycles. The number of methoxy groups -OCH3 is 2. The largest absolute Gasteiger partial charge is 0.493 e. The zero-order valence-corrected chi connectivity index (χ0v) is 20.4. The number of guanidine groups is 1. The highest BCUT2D eigenvalue weighted by Crippen LogP contribution is 2.27. The third-order valence-electron chi connectivity index (χ3n) is 4.36. The fraction of sp³-hybridized carbons (Fsp3) is 0.409. The lowest BCUT2D eigenvalue weighted by Gasteiger charge is -2.18. The van der Waals surface area contributed by atoms with E-state index in [1.165, 1.54) is 12.1 Å². The summed E-state index contributed by atoms with van der Waals surface area (Å²) >= 11 is 0. The third-order valence-corrected chi connectivity index (χ3v) is 4.36. The maximum absolute atomic E-state index is 13.0. The van der Waals surface area contributed by atoms with Gasteiger partial charge in [0.25, 0.3) is 0 Å². The van der Waals surface area contributed by atoms with E-state index in [4.69, 9.17) is 9.47 Å². The number of ether oxygens (including phenoxy) is 2. The third kappa shape index (κ3) is 8.74. The van der Waals surface area contributed by atoms with Gasteiger partial charge in [-0.1, -0.05) is 18.2 Å². The molecular formula is C22H32FIN4O2. The second kappa shape index (κ2) is 14.0. The van der Waals surface area contributed by atoms with Gasteiger partial charge in [-0.3, -0.25) is 0 Å². The van der Waals surface area contributed by atoms with Crippen LogP contribution in [0, 0.1) is 5.82 Å².